The Morgan fingerprint density at radius 1 is 1.43 bits per heavy atom. The van der Waals surface area contributed by atoms with Crippen LogP contribution in [-0.4, -0.2) is 36.0 Å². The third-order valence-electron chi connectivity index (χ3n) is 2.87. The summed E-state index contributed by atoms with van der Waals surface area (Å²) in [6, 6.07) is 0. The van der Waals surface area contributed by atoms with E-state index in [4.69, 9.17) is 9.84 Å². The van der Waals surface area contributed by atoms with Crippen molar-refractivity contribution in [2.45, 2.75) is 57.8 Å². The van der Waals surface area contributed by atoms with E-state index in [1.807, 2.05) is 0 Å². The summed E-state index contributed by atoms with van der Waals surface area (Å²) >= 11 is 0. The molecule has 1 fully saturated rings. The maximum Gasteiger partial charge on any atom is 0.0704 e. The Bertz CT molecular complexity index is 171. The van der Waals surface area contributed by atoms with E-state index < -0.39 is 0 Å². The first-order chi connectivity index (χ1) is 6.53. The molecule has 14 heavy (non-hydrogen) atoms. The standard InChI is InChI=1S/C11H23NO2/c1-9-4-5-10(14-9)8-12-11(2,3)6-7-13/h9-10,12-13H,4-8H2,1-3H3. The van der Waals surface area contributed by atoms with Gasteiger partial charge in [0.25, 0.3) is 0 Å². The van der Waals surface area contributed by atoms with Crippen molar-refractivity contribution in [2.24, 2.45) is 0 Å². The van der Waals surface area contributed by atoms with Gasteiger partial charge in [-0.25, -0.2) is 0 Å². The summed E-state index contributed by atoms with van der Waals surface area (Å²) in [5.74, 6) is 0. The van der Waals surface area contributed by atoms with Gasteiger partial charge in [-0.2, -0.15) is 0 Å². The van der Waals surface area contributed by atoms with E-state index in [0.29, 0.717) is 12.2 Å². The smallest absolute Gasteiger partial charge is 0.0704 e. The molecule has 1 aliphatic heterocycles. The molecule has 0 aromatic heterocycles. The molecule has 0 bridgehead atoms. The van der Waals surface area contributed by atoms with Crippen molar-refractivity contribution in [3.05, 3.63) is 0 Å². The molecule has 1 rings (SSSR count). The summed E-state index contributed by atoms with van der Waals surface area (Å²) in [5, 5.41) is 12.3. The van der Waals surface area contributed by atoms with Crippen molar-refractivity contribution in [2.75, 3.05) is 13.2 Å². The Kier molecular flexibility index (Phi) is 4.35. The molecular weight excluding hydrogens is 178 g/mol. The largest absolute Gasteiger partial charge is 0.396 e. The Balaban J connectivity index is 2.19. The molecule has 0 aliphatic carbocycles. The molecule has 2 N–H and O–H groups in total. The second kappa shape index (κ2) is 5.10. The summed E-state index contributed by atoms with van der Waals surface area (Å²) in [5.41, 5.74) is 0.0178. The van der Waals surface area contributed by atoms with Gasteiger partial charge in [0, 0.05) is 18.7 Å². The van der Waals surface area contributed by atoms with Crippen LogP contribution in [0.5, 0.6) is 0 Å². The molecule has 3 nitrogen and oxygen atoms in total. The summed E-state index contributed by atoms with van der Waals surface area (Å²) in [6.45, 7) is 7.49. The first-order valence-electron chi connectivity index (χ1n) is 5.55. The lowest BCUT2D eigenvalue weighted by Gasteiger charge is -2.27. The average Bonchev–Trinajstić information content (AvgIpc) is 2.48. The van der Waals surface area contributed by atoms with Gasteiger partial charge in [-0.1, -0.05) is 0 Å². The number of aliphatic hydroxyl groups excluding tert-OH is 1. The predicted octanol–water partition coefficient (Wildman–Crippen LogP) is 1.30. The second-order valence-electron chi connectivity index (χ2n) is 4.88. The lowest BCUT2D eigenvalue weighted by Crippen LogP contribution is -2.44. The van der Waals surface area contributed by atoms with Crippen molar-refractivity contribution in [3.8, 4) is 0 Å². The molecule has 2 atom stereocenters. The molecular formula is C11H23NO2. The van der Waals surface area contributed by atoms with Crippen LogP contribution in [0.25, 0.3) is 0 Å². The third kappa shape index (κ3) is 3.95. The van der Waals surface area contributed by atoms with Crippen molar-refractivity contribution in [1.29, 1.82) is 0 Å². The summed E-state index contributed by atoms with van der Waals surface area (Å²) in [4.78, 5) is 0. The third-order valence-corrected chi connectivity index (χ3v) is 2.87. The number of nitrogens with one attached hydrogen (secondary N) is 1. The average molecular weight is 201 g/mol. The van der Waals surface area contributed by atoms with Crippen LogP contribution in [0.15, 0.2) is 0 Å². The minimum atomic E-state index is 0.0178. The van der Waals surface area contributed by atoms with E-state index in [1.54, 1.807) is 0 Å². The van der Waals surface area contributed by atoms with Gasteiger partial charge in [0.2, 0.25) is 0 Å². The zero-order valence-electron chi connectivity index (χ0n) is 9.55. The van der Waals surface area contributed by atoms with Crippen LogP contribution in [0, 0.1) is 0 Å². The maximum atomic E-state index is 8.86. The van der Waals surface area contributed by atoms with Gasteiger partial charge in [-0.15, -0.1) is 0 Å². The normalized spacial score (nSPS) is 28.3. The van der Waals surface area contributed by atoms with Gasteiger partial charge in [0.1, 0.15) is 0 Å². The van der Waals surface area contributed by atoms with Crippen LogP contribution in [0.3, 0.4) is 0 Å². The van der Waals surface area contributed by atoms with Gasteiger partial charge >= 0.3 is 0 Å². The highest BCUT2D eigenvalue weighted by atomic mass is 16.5. The number of aliphatic hydroxyl groups is 1. The van der Waals surface area contributed by atoms with E-state index >= 15 is 0 Å². The lowest BCUT2D eigenvalue weighted by atomic mass is 10.0. The highest BCUT2D eigenvalue weighted by molar-refractivity contribution is 4.81. The minimum Gasteiger partial charge on any atom is -0.396 e. The van der Waals surface area contributed by atoms with E-state index in [2.05, 4.69) is 26.1 Å². The number of rotatable bonds is 5. The maximum absolute atomic E-state index is 8.86. The topological polar surface area (TPSA) is 41.5 Å². The quantitative estimate of drug-likeness (QED) is 0.704. The minimum absolute atomic E-state index is 0.0178. The van der Waals surface area contributed by atoms with E-state index in [9.17, 15) is 0 Å². The molecule has 2 unspecified atom stereocenters. The number of hydrogen-bond donors (Lipinski definition) is 2. The number of hydrogen-bond acceptors (Lipinski definition) is 3. The molecule has 1 saturated heterocycles. The Morgan fingerprint density at radius 3 is 2.64 bits per heavy atom. The molecule has 0 saturated carbocycles. The zero-order valence-corrected chi connectivity index (χ0v) is 9.55. The van der Waals surface area contributed by atoms with Crippen molar-refractivity contribution in [3.63, 3.8) is 0 Å². The first kappa shape index (κ1) is 12.0. The van der Waals surface area contributed by atoms with Crippen molar-refractivity contribution in [1.82, 2.24) is 5.32 Å². The van der Waals surface area contributed by atoms with Crippen LogP contribution in [0.4, 0.5) is 0 Å². The molecule has 0 radical (unpaired) electrons. The monoisotopic (exact) mass is 201 g/mol. The molecule has 1 aliphatic rings. The van der Waals surface area contributed by atoms with Gasteiger partial charge in [0.05, 0.1) is 12.2 Å². The van der Waals surface area contributed by atoms with Gasteiger partial charge in [-0.05, 0) is 40.0 Å². The number of ether oxygens (including phenoxy) is 1. The Morgan fingerprint density at radius 2 is 2.14 bits per heavy atom. The molecule has 3 heteroatoms. The van der Waals surface area contributed by atoms with Crippen LogP contribution >= 0.6 is 0 Å². The van der Waals surface area contributed by atoms with Crippen LogP contribution < -0.4 is 5.32 Å². The van der Waals surface area contributed by atoms with E-state index in [1.165, 1.54) is 6.42 Å². The summed E-state index contributed by atoms with van der Waals surface area (Å²) in [6.07, 6.45) is 3.90. The van der Waals surface area contributed by atoms with Crippen LogP contribution in [0.1, 0.15) is 40.0 Å². The highest BCUT2D eigenvalue weighted by Gasteiger charge is 2.24. The van der Waals surface area contributed by atoms with Crippen molar-refractivity contribution >= 4 is 0 Å². The highest BCUT2D eigenvalue weighted by Crippen LogP contribution is 2.19. The van der Waals surface area contributed by atoms with Crippen LogP contribution in [-0.2, 0) is 4.74 Å². The molecule has 0 amide bonds. The SMILES string of the molecule is CC1CCC(CNC(C)(C)CCO)O1. The molecule has 0 aromatic carbocycles. The van der Waals surface area contributed by atoms with E-state index in [0.717, 1.165) is 19.4 Å². The van der Waals surface area contributed by atoms with Crippen LogP contribution in [0.2, 0.25) is 0 Å². The first-order valence-corrected chi connectivity index (χ1v) is 5.55. The fraction of sp³-hybridized carbons (Fsp3) is 1.00. The lowest BCUT2D eigenvalue weighted by molar-refractivity contribution is 0.0504. The van der Waals surface area contributed by atoms with Gasteiger partial charge < -0.3 is 15.2 Å². The van der Waals surface area contributed by atoms with Crippen molar-refractivity contribution < 1.29 is 9.84 Å². The summed E-state index contributed by atoms with van der Waals surface area (Å²) < 4.78 is 5.71. The van der Waals surface area contributed by atoms with E-state index in [-0.39, 0.29) is 12.1 Å². The second-order valence-corrected chi connectivity index (χ2v) is 4.88. The molecule has 1 heterocycles. The Labute approximate surface area is 86.8 Å². The Hall–Kier alpha value is -0.120. The molecule has 0 aromatic rings. The molecule has 0 spiro atoms. The van der Waals surface area contributed by atoms with Gasteiger partial charge in [-0.3, -0.25) is 0 Å². The predicted molar refractivity (Wildman–Crippen MR) is 57.4 cm³/mol. The fourth-order valence-electron chi connectivity index (χ4n) is 1.79. The molecule has 84 valence electrons. The van der Waals surface area contributed by atoms with Gasteiger partial charge in [0.15, 0.2) is 0 Å². The fourth-order valence-corrected chi connectivity index (χ4v) is 1.79. The summed E-state index contributed by atoms with van der Waals surface area (Å²) in [7, 11) is 0. The zero-order chi connectivity index (χ0) is 10.6.